The van der Waals surface area contributed by atoms with Gasteiger partial charge in [0.05, 0.1) is 48.7 Å². The van der Waals surface area contributed by atoms with Gasteiger partial charge in [-0.2, -0.15) is 0 Å². The van der Waals surface area contributed by atoms with E-state index < -0.39 is 30.2 Å². The van der Waals surface area contributed by atoms with Crippen LogP contribution in [0.5, 0.6) is 0 Å². The van der Waals surface area contributed by atoms with Crippen molar-refractivity contribution >= 4 is 35.0 Å². The first-order valence-electron chi connectivity index (χ1n) is 19.4. The van der Waals surface area contributed by atoms with E-state index in [1.165, 1.54) is 11.3 Å². The highest BCUT2D eigenvalue weighted by Crippen LogP contribution is 2.30. The molecule has 13 heteroatoms. The van der Waals surface area contributed by atoms with Crippen LogP contribution in [0.3, 0.4) is 0 Å². The smallest absolute Gasteiger partial charge is 0.245 e. The topological polar surface area (TPSA) is 133 Å². The molecule has 1 aliphatic heterocycles. The molecule has 2 heterocycles. The number of aromatic nitrogens is 1. The summed E-state index contributed by atoms with van der Waals surface area (Å²) < 4.78 is 12.0. The molecular weight excluding hydrogens is 705 g/mol. The summed E-state index contributed by atoms with van der Waals surface area (Å²) in [6.45, 7) is 14.2. The summed E-state index contributed by atoms with van der Waals surface area (Å²) in [5, 5.41) is 9.00. The second-order valence-electron chi connectivity index (χ2n) is 16.0. The number of likely N-dealkylation sites (tertiary alicyclic amines) is 1. The number of carbonyl (C=O) groups excluding carboxylic acids is 4. The number of hydrogen-bond donors (Lipinski definition) is 2. The predicted molar refractivity (Wildman–Crippen MR) is 214 cm³/mol. The number of nitrogens with zero attached hydrogens (tertiary/aromatic N) is 4. The Hall–Kier alpha value is -3.39. The molecule has 2 N–H and O–H groups in total. The number of likely N-dealkylation sites (N-methyl/N-ethyl adjacent to an activating group) is 2. The van der Waals surface area contributed by atoms with Gasteiger partial charge in [0.2, 0.25) is 23.6 Å². The summed E-state index contributed by atoms with van der Waals surface area (Å²) in [7, 11) is 8.61. The van der Waals surface area contributed by atoms with Crippen molar-refractivity contribution in [2.75, 3.05) is 41.9 Å². The van der Waals surface area contributed by atoms with E-state index in [1.807, 2.05) is 108 Å². The number of ether oxygens (including phenoxy) is 2. The lowest BCUT2D eigenvalue weighted by Gasteiger charge is -2.40. The molecule has 1 aromatic heterocycles. The average molecular weight is 771 g/mol. The van der Waals surface area contributed by atoms with Gasteiger partial charge in [-0.05, 0) is 56.7 Å². The van der Waals surface area contributed by atoms with Gasteiger partial charge in [-0.25, -0.2) is 4.98 Å². The lowest BCUT2D eigenvalue weighted by Crippen LogP contribution is -2.59. The van der Waals surface area contributed by atoms with Crippen LogP contribution in [0.15, 0.2) is 41.9 Å². The summed E-state index contributed by atoms with van der Waals surface area (Å²) in [4.78, 5) is 65.5. The third kappa shape index (κ3) is 11.6. The fraction of sp³-hybridized carbons (Fsp3) is 0.683. The maximum atomic E-state index is 14.2. The standard InChI is InChI=1S/C41H66N6O6S/c1-25(2)34(44-39(50)36(27(5)6)45(8)9)41(51)46(10)35(26(3)4)32(52-11)24-33(48)47-21-16-19-31(47)37(53-12)28(7)38(49)43-30(40-42-20-22-54-40)23-29-17-14-13-15-18-29/h13-15,17-18,20,22,25-28,30-32,34-37H,16,19,21,23-24H2,1-12H3,(H,43,49)(H,44,50). The number of amides is 4. The Morgan fingerprint density at radius 3 is 2.09 bits per heavy atom. The van der Waals surface area contributed by atoms with Gasteiger partial charge in [0.15, 0.2) is 0 Å². The van der Waals surface area contributed by atoms with Crippen molar-refractivity contribution in [1.82, 2.24) is 30.3 Å². The molecule has 2 aromatic rings. The summed E-state index contributed by atoms with van der Waals surface area (Å²) in [5.41, 5.74) is 1.09. The minimum Gasteiger partial charge on any atom is -0.379 e. The van der Waals surface area contributed by atoms with Crippen molar-refractivity contribution in [3.63, 3.8) is 0 Å². The van der Waals surface area contributed by atoms with E-state index in [1.54, 1.807) is 32.4 Å². The molecule has 0 spiro atoms. The average Bonchev–Trinajstić information content (AvgIpc) is 3.83. The number of methoxy groups -OCH3 is 2. The van der Waals surface area contributed by atoms with Crippen molar-refractivity contribution in [1.29, 1.82) is 0 Å². The van der Waals surface area contributed by atoms with Crippen molar-refractivity contribution in [3.8, 4) is 0 Å². The van der Waals surface area contributed by atoms with Crippen molar-refractivity contribution in [2.24, 2.45) is 23.7 Å². The third-order valence-electron chi connectivity index (χ3n) is 10.8. The number of rotatable bonds is 20. The Bertz CT molecular complexity index is 1460. The van der Waals surface area contributed by atoms with Crippen LogP contribution in [-0.2, 0) is 35.1 Å². The summed E-state index contributed by atoms with van der Waals surface area (Å²) in [6.07, 6.45) is 2.72. The van der Waals surface area contributed by atoms with Gasteiger partial charge in [-0.3, -0.25) is 24.1 Å². The molecule has 0 saturated carbocycles. The van der Waals surface area contributed by atoms with Gasteiger partial charge >= 0.3 is 0 Å². The van der Waals surface area contributed by atoms with Crippen LogP contribution < -0.4 is 10.6 Å². The zero-order valence-electron chi connectivity index (χ0n) is 34.6. The first-order chi connectivity index (χ1) is 25.5. The Morgan fingerprint density at radius 2 is 1.57 bits per heavy atom. The van der Waals surface area contributed by atoms with E-state index in [0.717, 1.165) is 17.0 Å². The monoisotopic (exact) mass is 770 g/mol. The number of carbonyl (C=O) groups is 4. The van der Waals surface area contributed by atoms with Crippen molar-refractivity contribution in [2.45, 2.75) is 117 Å². The quantitative estimate of drug-likeness (QED) is 0.196. The highest BCUT2D eigenvalue weighted by atomic mass is 32.1. The molecule has 8 atom stereocenters. The van der Waals surface area contributed by atoms with Crippen molar-refractivity contribution < 1.29 is 28.7 Å². The van der Waals surface area contributed by atoms with E-state index >= 15 is 0 Å². The molecule has 54 heavy (non-hydrogen) atoms. The highest BCUT2D eigenvalue weighted by molar-refractivity contribution is 7.09. The van der Waals surface area contributed by atoms with Gasteiger partial charge < -0.3 is 29.9 Å². The molecular formula is C41H66N6O6S. The lowest BCUT2D eigenvalue weighted by molar-refractivity contribution is -0.147. The second-order valence-corrected chi connectivity index (χ2v) is 16.9. The maximum absolute atomic E-state index is 14.2. The van der Waals surface area contributed by atoms with Crippen LogP contribution in [0.1, 0.15) is 84.3 Å². The molecule has 302 valence electrons. The second kappa shape index (κ2) is 21.1. The van der Waals surface area contributed by atoms with E-state index in [9.17, 15) is 19.2 Å². The molecule has 4 amide bonds. The van der Waals surface area contributed by atoms with Crippen LogP contribution >= 0.6 is 11.3 Å². The van der Waals surface area contributed by atoms with E-state index in [-0.39, 0.29) is 65.9 Å². The summed E-state index contributed by atoms with van der Waals surface area (Å²) >= 11 is 1.50. The van der Waals surface area contributed by atoms with Crippen LogP contribution in [0, 0.1) is 23.7 Å². The van der Waals surface area contributed by atoms with E-state index in [0.29, 0.717) is 19.4 Å². The predicted octanol–water partition coefficient (Wildman–Crippen LogP) is 4.80. The number of thiazole rings is 1. The molecule has 1 aliphatic rings. The van der Waals surface area contributed by atoms with Crippen LogP contribution in [-0.4, -0.2) is 122 Å². The fourth-order valence-corrected chi connectivity index (χ4v) is 8.75. The minimum absolute atomic E-state index is 0.0441. The minimum atomic E-state index is -0.751. The Balaban J connectivity index is 1.76. The molecule has 0 aliphatic carbocycles. The van der Waals surface area contributed by atoms with Gasteiger partial charge in [0.25, 0.3) is 0 Å². The van der Waals surface area contributed by atoms with Gasteiger partial charge in [0, 0.05) is 39.4 Å². The molecule has 12 nitrogen and oxygen atoms in total. The first kappa shape index (κ1) is 45.0. The SMILES string of the molecule is COC(CC(=O)N1CCCC1C(OC)C(C)C(=O)NC(Cc1ccccc1)c1nccs1)C(C(C)C)N(C)C(=O)C(NC(=O)C(C(C)C)N(C)C)C(C)C. The summed E-state index contributed by atoms with van der Waals surface area (Å²) in [6, 6.07) is 7.81. The van der Waals surface area contributed by atoms with Crippen LogP contribution in [0.25, 0.3) is 0 Å². The highest BCUT2D eigenvalue weighted by Gasteiger charge is 2.43. The van der Waals surface area contributed by atoms with E-state index in [2.05, 4.69) is 15.6 Å². The van der Waals surface area contributed by atoms with Crippen LogP contribution in [0.4, 0.5) is 0 Å². The molecule has 3 rings (SSSR count). The maximum Gasteiger partial charge on any atom is 0.245 e. The number of nitrogens with one attached hydrogen (secondary N) is 2. The Morgan fingerprint density at radius 1 is 0.907 bits per heavy atom. The molecule has 1 fully saturated rings. The molecule has 1 aromatic carbocycles. The largest absolute Gasteiger partial charge is 0.379 e. The fourth-order valence-electron chi connectivity index (χ4n) is 8.06. The zero-order valence-corrected chi connectivity index (χ0v) is 35.4. The Kier molecular flexibility index (Phi) is 17.5. The van der Waals surface area contributed by atoms with Gasteiger partial charge in [-0.15, -0.1) is 11.3 Å². The zero-order chi connectivity index (χ0) is 40.3. The van der Waals surface area contributed by atoms with Gasteiger partial charge in [-0.1, -0.05) is 78.8 Å². The molecule has 8 unspecified atom stereocenters. The van der Waals surface area contributed by atoms with E-state index in [4.69, 9.17) is 9.47 Å². The van der Waals surface area contributed by atoms with Crippen LogP contribution in [0.2, 0.25) is 0 Å². The number of hydrogen-bond acceptors (Lipinski definition) is 9. The first-order valence-corrected chi connectivity index (χ1v) is 20.2. The Labute approximate surface area is 327 Å². The van der Waals surface area contributed by atoms with Crippen molar-refractivity contribution in [3.05, 3.63) is 52.5 Å². The number of benzene rings is 1. The summed E-state index contributed by atoms with van der Waals surface area (Å²) in [5.74, 6) is -1.42. The third-order valence-corrected chi connectivity index (χ3v) is 11.6. The molecule has 0 radical (unpaired) electrons. The lowest BCUT2D eigenvalue weighted by atomic mass is 9.91. The molecule has 1 saturated heterocycles. The molecule has 0 bridgehead atoms. The normalized spacial score (nSPS) is 18.7. The van der Waals surface area contributed by atoms with Gasteiger partial charge in [0.1, 0.15) is 11.0 Å².